The maximum absolute atomic E-state index is 12.0. The molecule has 2 atom stereocenters. The lowest BCUT2D eigenvalue weighted by atomic mass is 10.0. The lowest BCUT2D eigenvalue weighted by Gasteiger charge is -2.18. The second-order valence-electron chi connectivity index (χ2n) is 5.32. The number of aliphatic carboxylic acids is 1. The van der Waals surface area contributed by atoms with Crippen molar-refractivity contribution in [1.29, 1.82) is 5.41 Å². The number of carbonyl (C=O) groups is 2. The Morgan fingerprint density at radius 1 is 1.29 bits per heavy atom. The van der Waals surface area contributed by atoms with Gasteiger partial charge in [0.1, 0.15) is 6.04 Å². The molecule has 0 saturated heterocycles. The fraction of sp³-hybridized carbons (Fsp3) is 0.400. The number of carboxylic acid groups (broad SMARTS) is 1. The first-order valence-electron chi connectivity index (χ1n) is 7.40. The zero-order valence-corrected chi connectivity index (χ0v) is 15.2. The van der Waals surface area contributed by atoms with Gasteiger partial charge in [-0.2, -0.15) is 0 Å². The molecule has 0 unspecified atom stereocenters. The molecule has 0 aliphatic rings. The first-order chi connectivity index (χ1) is 11.3. The summed E-state index contributed by atoms with van der Waals surface area (Å²) < 4.78 is 1.05. The van der Waals surface area contributed by atoms with Crippen molar-refractivity contribution < 1.29 is 14.7 Å². The van der Waals surface area contributed by atoms with E-state index < -0.39 is 24.0 Å². The van der Waals surface area contributed by atoms with Gasteiger partial charge in [-0.25, -0.2) is 4.79 Å². The summed E-state index contributed by atoms with van der Waals surface area (Å²) in [5.74, 6) is -1.75. The summed E-state index contributed by atoms with van der Waals surface area (Å²) in [6.45, 7) is 0.432. The van der Waals surface area contributed by atoms with Crippen LogP contribution in [0.4, 0.5) is 0 Å². The molecule has 132 valence electrons. The zero-order chi connectivity index (χ0) is 18.1. The van der Waals surface area contributed by atoms with Crippen molar-refractivity contribution in [1.82, 2.24) is 10.6 Å². The third-order valence-corrected chi connectivity index (χ3v) is 4.03. The second-order valence-corrected chi connectivity index (χ2v) is 6.56. The number of benzene rings is 1. The Balaban J connectivity index is 2.51. The van der Waals surface area contributed by atoms with Gasteiger partial charge in [0.15, 0.2) is 5.96 Å². The summed E-state index contributed by atoms with van der Waals surface area (Å²) in [6.07, 6.45) is 1.10. The van der Waals surface area contributed by atoms with Gasteiger partial charge < -0.3 is 27.2 Å². The number of amides is 1. The normalized spacial score (nSPS) is 12.9. The summed E-state index contributed by atoms with van der Waals surface area (Å²) in [6, 6.07) is 5.58. The molecule has 8 N–H and O–H groups in total. The topological polar surface area (TPSA) is 154 Å². The Kier molecular flexibility index (Phi) is 8.47. The molecule has 0 bridgehead atoms. The highest BCUT2D eigenvalue weighted by atomic mass is 127. The monoisotopic (exact) mass is 447 g/mol. The Labute approximate surface area is 154 Å². The van der Waals surface area contributed by atoms with Crippen LogP contribution in [0.2, 0.25) is 0 Å². The van der Waals surface area contributed by atoms with E-state index in [1.807, 2.05) is 24.3 Å². The van der Waals surface area contributed by atoms with Gasteiger partial charge in [0, 0.05) is 16.5 Å². The number of hydrogen-bond acceptors (Lipinski definition) is 4. The highest BCUT2D eigenvalue weighted by Crippen LogP contribution is 2.09. The van der Waals surface area contributed by atoms with Crippen LogP contribution < -0.4 is 22.1 Å². The molecule has 0 aliphatic heterocycles. The van der Waals surface area contributed by atoms with Crippen molar-refractivity contribution in [3.8, 4) is 0 Å². The molecule has 0 fully saturated rings. The molecule has 0 radical (unpaired) electrons. The lowest BCUT2D eigenvalue weighted by Crippen LogP contribution is -2.49. The van der Waals surface area contributed by atoms with Crippen LogP contribution in [0.3, 0.4) is 0 Å². The van der Waals surface area contributed by atoms with Crippen molar-refractivity contribution in [2.24, 2.45) is 11.5 Å². The molecule has 9 heteroatoms. The van der Waals surface area contributed by atoms with Crippen molar-refractivity contribution >= 4 is 40.4 Å². The molecule has 0 heterocycles. The van der Waals surface area contributed by atoms with Crippen LogP contribution in [-0.4, -0.2) is 41.6 Å². The maximum Gasteiger partial charge on any atom is 0.326 e. The number of guanidine groups is 1. The molecular formula is C15H22IN5O3. The quantitative estimate of drug-likeness (QED) is 0.136. The third kappa shape index (κ3) is 7.59. The predicted octanol–water partition coefficient (Wildman–Crippen LogP) is -0.00633. The van der Waals surface area contributed by atoms with E-state index in [-0.39, 0.29) is 12.4 Å². The maximum atomic E-state index is 12.0. The van der Waals surface area contributed by atoms with E-state index in [1.54, 1.807) is 0 Å². The van der Waals surface area contributed by atoms with Crippen LogP contribution in [0, 0.1) is 8.98 Å². The van der Waals surface area contributed by atoms with E-state index in [0.29, 0.717) is 19.4 Å². The van der Waals surface area contributed by atoms with Gasteiger partial charge in [-0.05, 0) is 53.1 Å². The highest BCUT2D eigenvalue weighted by Gasteiger charge is 2.23. The van der Waals surface area contributed by atoms with E-state index in [1.165, 1.54) is 0 Å². The molecular weight excluding hydrogens is 425 g/mol. The molecule has 0 aromatic heterocycles. The van der Waals surface area contributed by atoms with Gasteiger partial charge in [0.05, 0.1) is 6.04 Å². The van der Waals surface area contributed by atoms with E-state index in [9.17, 15) is 14.7 Å². The summed E-state index contributed by atoms with van der Waals surface area (Å²) in [5.41, 5.74) is 11.7. The van der Waals surface area contributed by atoms with Crippen LogP contribution in [0.25, 0.3) is 0 Å². The van der Waals surface area contributed by atoms with Gasteiger partial charge in [0.2, 0.25) is 5.91 Å². The highest BCUT2D eigenvalue weighted by molar-refractivity contribution is 14.1. The van der Waals surface area contributed by atoms with Crippen molar-refractivity contribution in [3.63, 3.8) is 0 Å². The Bertz CT molecular complexity index is 579. The molecule has 1 aromatic carbocycles. The van der Waals surface area contributed by atoms with E-state index >= 15 is 0 Å². The third-order valence-electron chi connectivity index (χ3n) is 3.31. The molecule has 24 heavy (non-hydrogen) atoms. The molecule has 0 spiro atoms. The zero-order valence-electron chi connectivity index (χ0n) is 13.1. The largest absolute Gasteiger partial charge is 0.480 e. The van der Waals surface area contributed by atoms with Crippen LogP contribution >= 0.6 is 22.6 Å². The van der Waals surface area contributed by atoms with E-state index in [4.69, 9.17) is 16.9 Å². The van der Waals surface area contributed by atoms with Crippen LogP contribution in [0.1, 0.15) is 18.4 Å². The van der Waals surface area contributed by atoms with Gasteiger partial charge in [-0.1, -0.05) is 12.1 Å². The number of hydrogen-bond donors (Lipinski definition) is 6. The summed E-state index contributed by atoms with van der Waals surface area (Å²) in [7, 11) is 0. The summed E-state index contributed by atoms with van der Waals surface area (Å²) >= 11 is 2.16. The second kappa shape index (κ2) is 10.1. The Morgan fingerprint density at radius 2 is 1.92 bits per heavy atom. The predicted molar refractivity (Wildman–Crippen MR) is 99.6 cm³/mol. The van der Waals surface area contributed by atoms with Crippen molar-refractivity contribution in [2.45, 2.75) is 31.3 Å². The molecule has 8 nitrogen and oxygen atoms in total. The first-order valence-corrected chi connectivity index (χ1v) is 8.48. The Hall–Kier alpha value is -1.88. The first kappa shape index (κ1) is 20.2. The standard InChI is InChI=1S/C15H22IN5O3/c16-10-5-3-9(4-6-10)8-12(14(23)24)21-13(22)11(17)2-1-7-20-15(18)19/h3-6,11-12H,1-2,7-8,17H2,(H,21,22)(H,23,24)(H4,18,19,20)/t11-,12+/m0/s1. The van der Waals surface area contributed by atoms with Gasteiger partial charge >= 0.3 is 5.97 Å². The van der Waals surface area contributed by atoms with Gasteiger partial charge in [0.25, 0.3) is 0 Å². The fourth-order valence-electron chi connectivity index (χ4n) is 2.01. The van der Waals surface area contributed by atoms with Gasteiger partial charge in [-0.3, -0.25) is 10.2 Å². The number of nitrogens with two attached hydrogens (primary N) is 2. The number of nitrogens with one attached hydrogen (secondary N) is 3. The van der Waals surface area contributed by atoms with Crippen molar-refractivity contribution in [2.75, 3.05) is 6.54 Å². The SMILES string of the molecule is N=C(N)NCCC[C@H](N)C(=O)N[C@H](Cc1ccc(I)cc1)C(=O)O. The van der Waals surface area contributed by atoms with Crippen LogP contribution in [-0.2, 0) is 16.0 Å². The summed E-state index contributed by atoms with van der Waals surface area (Å²) in [5, 5.41) is 21.4. The molecule has 0 aliphatic carbocycles. The Morgan fingerprint density at radius 3 is 2.46 bits per heavy atom. The van der Waals surface area contributed by atoms with Gasteiger partial charge in [-0.15, -0.1) is 0 Å². The average molecular weight is 447 g/mol. The molecule has 1 amide bonds. The number of carboxylic acids is 1. The minimum absolute atomic E-state index is 0.142. The minimum Gasteiger partial charge on any atom is -0.480 e. The smallest absolute Gasteiger partial charge is 0.326 e. The van der Waals surface area contributed by atoms with Crippen molar-refractivity contribution in [3.05, 3.63) is 33.4 Å². The molecule has 0 saturated carbocycles. The number of halogens is 1. The lowest BCUT2D eigenvalue weighted by molar-refractivity contribution is -0.142. The van der Waals surface area contributed by atoms with E-state index in [0.717, 1.165) is 9.13 Å². The summed E-state index contributed by atoms with van der Waals surface area (Å²) in [4.78, 5) is 23.4. The molecule has 1 aromatic rings. The molecule has 1 rings (SSSR count). The minimum atomic E-state index is -1.10. The number of rotatable bonds is 9. The number of carbonyl (C=O) groups excluding carboxylic acids is 1. The van der Waals surface area contributed by atoms with E-state index in [2.05, 4.69) is 33.2 Å². The fourth-order valence-corrected chi connectivity index (χ4v) is 2.37. The van der Waals surface area contributed by atoms with Crippen LogP contribution in [0.15, 0.2) is 24.3 Å². The van der Waals surface area contributed by atoms with Crippen LogP contribution in [0.5, 0.6) is 0 Å². The average Bonchev–Trinajstić information content (AvgIpc) is 2.52.